The van der Waals surface area contributed by atoms with Crippen molar-refractivity contribution >= 4 is 19.0 Å². The summed E-state index contributed by atoms with van der Waals surface area (Å²) in [5.41, 5.74) is 0.615. The molecule has 0 radical (unpaired) electrons. The molecule has 8 heteroatoms. The zero-order valence-electron chi connectivity index (χ0n) is 9.57. The van der Waals surface area contributed by atoms with Crippen molar-refractivity contribution in [3.8, 4) is 0 Å². The summed E-state index contributed by atoms with van der Waals surface area (Å²) in [4.78, 5) is 28.8. The van der Waals surface area contributed by atoms with Crippen LogP contribution in [-0.2, 0) is 15.9 Å². The van der Waals surface area contributed by atoms with E-state index in [-0.39, 0.29) is 6.54 Å². The van der Waals surface area contributed by atoms with Crippen LogP contribution >= 0.6 is 7.60 Å². The lowest BCUT2D eigenvalue weighted by molar-refractivity contribution is -0.114. The average molecular weight is 272 g/mol. The molecular weight excluding hydrogens is 259 g/mol. The van der Waals surface area contributed by atoms with Gasteiger partial charge in [-0.05, 0) is 12.5 Å². The molecule has 0 fully saturated rings. The Bertz CT molecular complexity index is 506. The number of hydrogen-bond acceptors (Lipinski definition) is 4. The first-order valence-electron chi connectivity index (χ1n) is 4.96. The van der Waals surface area contributed by atoms with Crippen LogP contribution in [0.5, 0.6) is 0 Å². The first-order valence-corrected chi connectivity index (χ1v) is 6.57. The largest absolute Gasteiger partial charge is 0.410 e. The van der Waals surface area contributed by atoms with Crippen LogP contribution in [0.3, 0.4) is 0 Å². The van der Waals surface area contributed by atoms with E-state index in [2.05, 4.69) is 10.5 Å². The van der Waals surface area contributed by atoms with Crippen molar-refractivity contribution in [2.24, 2.45) is 5.16 Å². The van der Waals surface area contributed by atoms with Crippen LogP contribution in [0.25, 0.3) is 0 Å². The van der Waals surface area contributed by atoms with Crippen molar-refractivity contribution < 1.29 is 24.4 Å². The number of nitrogens with zero attached hydrogens (tertiary/aromatic N) is 1. The van der Waals surface area contributed by atoms with Crippen molar-refractivity contribution in [1.82, 2.24) is 5.32 Å². The molecule has 1 aromatic rings. The van der Waals surface area contributed by atoms with E-state index >= 15 is 0 Å². The number of benzene rings is 1. The van der Waals surface area contributed by atoms with Crippen LogP contribution in [0.2, 0.25) is 0 Å². The van der Waals surface area contributed by atoms with Crippen LogP contribution in [0, 0.1) is 6.92 Å². The Morgan fingerprint density at radius 2 is 1.89 bits per heavy atom. The molecule has 0 saturated heterocycles. The number of carbonyl (C=O) groups is 1. The zero-order valence-corrected chi connectivity index (χ0v) is 10.5. The Hall–Kier alpha value is -1.69. The minimum atomic E-state index is -4.87. The van der Waals surface area contributed by atoms with Crippen LogP contribution < -0.4 is 5.32 Å². The molecule has 0 bridgehead atoms. The number of carbonyl (C=O) groups excluding carboxylic acids is 1. The summed E-state index contributed by atoms with van der Waals surface area (Å²) < 4.78 is 10.8. The molecule has 0 aliphatic rings. The predicted molar refractivity (Wildman–Crippen MR) is 64.3 cm³/mol. The monoisotopic (exact) mass is 272 g/mol. The van der Waals surface area contributed by atoms with E-state index in [9.17, 15) is 9.36 Å². The summed E-state index contributed by atoms with van der Waals surface area (Å²) in [7, 11) is -4.87. The number of rotatable bonds is 4. The van der Waals surface area contributed by atoms with Gasteiger partial charge in [-0.1, -0.05) is 35.0 Å². The molecule has 1 rings (SSSR count). The van der Waals surface area contributed by atoms with E-state index in [0.717, 1.165) is 11.1 Å². The van der Waals surface area contributed by atoms with Crippen LogP contribution in [0.1, 0.15) is 11.1 Å². The number of aryl methyl sites for hydroxylation is 1. The summed E-state index contributed by atoms with van der Waals surface area (Å²) in [6.45, 7) is 1.99. The first-order chi connectivity index (χ1) is 8.34. The second-order valence-corrected chi connectivity index (χ2v) is 5.15. The van der Waals surface area contributed by atoms with Gasteiger partial charge in [0.1, 0.15) is 0 Å². The number of hydrogen-bond donors (Lipinski definition) is 4. The lowest BCUT2D eigenvalue weighted by atomic mass is 10.1. The Morgan fingerprint density at radius 1 is 1.33 bits per heavy atom. The third-order valence-electron chi connectivity index (χ3n) is 2.15. The molecule has 0 aliphatic carbocycles. The van der Waals surface area contributed by atoms with E-state index < -0.39 is 19.0 Å². The topological polar surface area (TPSA) is 119 Å². The van der Waals surface area contributed by atoms with Crippen molar-refractivity contribution in [3.05, 3.63) is 35.4 Å². The van der Waals surface area contributed by atoms with Gasteiger partial charge in [0.05, 0.1) is 0 Å². The quantitative estimate of drug-likeness (QED) is 0.276. The molecule has 0 saturated carbocycles. The lowest BCUT2D eigenvalue weighted by Gasteiger charge is -2.07. The predicted octanol–water partition coefficient (Wildman–Crippen LogP) is 0.577. The van der Waals surface area contributed by atoms with Gasteiger partial charge in [-0.2, -0.15) is 0 Å². The van der Waals surface area contributed by atoms with Gasteiger partial charge >= 0.3 is 7.60 Å². The maximum absolute atomic E-state index is 11.4. The Balaban J connectivity index is 2.67. The molecule has 0 heterocycles. The second kappa shape index (κ2) is 5.77. The summed E-state index contributed by atoms with van der Waals surface area (Å²) in [5.74, 6) is -1.11. The van der Waals surface area contributed by atoms with Gasteiger partial charge in [0.15, 0.2) is 0 Å². The maximum atomic E-state index is 11.4. The molecule has 98 valence electrons. The first kappa shape index (κ1) is 14.4. The van der Waals surface area contributed by atoms with Crippen molar-refractivity contribution in [1.29, 1.82) is 0 Å². The van der Waals surface area contributed by atoms with Crippen LogP contribution in [0.4, 0.5) is 0 Å². The molecule has 0 spiro atoms. The fourth-order valence-corrected chi connectivity index (χ4v) is 1.66. The Labute approximate surface area is 103 Å². The highest BCUT2D eigenvalue weighted by Crippen LogP contribution is 2.36. The number of amides is 1. The molecule has 4 N–H and O–H groups in total. The van der Waals surface area contributed by atoms with Gasteiger partial charge in [0.2, 0.25) is 0 Å². The van der Waals surface area contributed by atoms with Gasteiger partial charge in [-0.15, -0.1) is 0 Å². The van der Waals surface area contributed by atoms with E-state index in [4.69, 9.17) is 15.0 Å². The highest BCUT2D eigenvalue weighted by molar-refractivity contribution is 7.73. The van der Waals surface area contributed by atoms with Crippen LogP contribution in [-0.4, -0.2) is 26.4 Å². The minimum Gasteiger partial charge on any atom is -0.410 e. The second-order valence-electron chi connectivity index (χ2n) is 3.64. The summed E-state index contributed by atoms with van der Waals surface area (Å²) in [5, 5.41) is 13.0. The van der Waals surface area contributed by atoms with Crippen LogP contribution in [0.15, 0.2) is 29.4 Å². The highest BCUT2D eigenvalue weighted by Gasteiger charge is 2.31. The van der Waals surface area contributed by atoms with E-state index in [1.165, 1.54) is 0 Å². The van der Waals surface area contributed by atoms with Gasteiger partial charge in [-0.25, -0.2) is 0 Å². The average Bonchev–Trinajstić information content (AvgIpc) is 2.27. The molecule has 18 heavy (non-hydrogen) atoms. The number of nitrogens with one attached hydrogen (secondary N) is 1. The van der Waals surface area contributed by atoms with Crippen molar-refractivity contribution in [2.75, 3.05) is 0 Å². The van der Waals surface area contributed by atoms with E-state index in [1.807, 2.05) is 19.1 Å². The summed E-state index contributed by atoms with van der Waals surface area (Å²) in [6, 6.07) is 7.21. The third kappa shape index (κ3) is 3.96. The van der Waals surface area contributed by atoms with Gasteiger partial charge in [0.25, 0.3) is 11.4 Å². The SMILES string of the molecule is Cc1ccc(CNC(=O)/C(=N\O)P(=O)(O)O)cc1. The van der Waals surface area contributed by atoms with E-state index in [0.29, 0.717) is 0 Å². The third-order valence-corrected chi connectivity index (χ3v) is 2.99. The van der Waals surface area contributed by atoms with E-state index in [1.54, 1.807) is 12.1 Å². The lowest BCUT2D eigenvalue weighted by Crippen LogP contribution is -2.30. The Kier molecular flexibility index (Phi) is 4.61. The number of oxime groups is 1. The molecule has 0 unspecified atom stereocenters. The molecular formula is C10H13N2O5P. The standard InChI is InChI=1S/C10H13N2O5P/c1-7-2-4-8(5-3-7)6-11-9(13)10(12-14)18(15,16)17/h2-5,14H,6H2,1H3,(H,11,13)(H2,15,16,17)/b12-10+. The summed E-state index contributed by atoms with van der Waals surface area (Å²) in [6.07, 6.45) is 0. The zero-order chi connectivity index (χ0) is 13.8. The molecule has 0 atom stereocenters. The highest BCUT2D eigenvalue weighted by atomic mass is 31.2. The molecule has 0 aliphatic heterocycles. The van der Waals surface area contributed by atoms with Gasteiger partial charge in [-0.3, -0.25) is 9.36 Å². The minimum absolute atomic E-state index is 0.0815. The van der Waals surface area contributed by atoms with Gasteiger partial charge < -0.3 is 20.3 Å². The molecule has 1 aromatic carbocycles. The maximum Gasteiger partial charge on any atom is 0.383 e. The smallest absolute Gasteiger partial charge is 0.383 e. The fourth-order valence-electron chi connectivity index (χ4n) is 1.20. The summed E-state index contributed by atoms with van der Waals surface area (Å²) >= 11 is 0. The Morgan fingerprint density at radius 3 is 2.33 bits per heavy atom. The van der Waals surface area contributed by atoms with Crippen molar-refractivity contribution in [2.45, 2.75) is 13.5 Å². The van der Waals surface area contributed by atoms with Crippen molar-refractivity contribution in [3.63, 3.8) is 0 Å². The van der Waals surface area contributed by atoms with Gasteiger partial charge in [0, 0.05) is 6.54 Å². The molecule has 0 aromatic heterocycles. The normalized spacial score (nSPS) is 12.3. The molecule has 1 amide bonds. The molecule has 7 nitrogen and oxygen atoms in total. The fraction of sp³-hybridized carbons (Fsp3) is 0.200.